The molecule has 0 aliphatic rings. The van der Waals surface area contributed by atoms with Crippen LogP contribution in [0.25, 0.3) is 0 Å². The van der Waals surface area contributed by atoms with E-state index in [1.807, 2.05) is 0 Å². The van der Waals surface area contributed by atoms with Gasteiger partial charge in [0.25, 0.3) is 0 Å². The van der Waals surface area contributed by atoms with Crippen LogP contribution in [0.5, 0.6) is 0 Å². The van der Waals surface area contributed by atoms with Gasteiger partial charge in [-0.2, -0.15) is 0 Å². The van der Waals surface area contributed by atoms with Crippen LogP contribution in [-0.2, 0) is 28.6 Å². The Kier molecular flexibility index (Phi) is 44.2. The zero-order chi connectivity index (χ0) is 41.7. The molecule has 0 aliphatic carbocycles. The van der Waals surface area contributed by atoms with Crippen molar-refractivity contribution in [1.82, 2.24) is 0 Å². The molecule has 0 rings (SSSR count). The molecule has 0 aromatic carbocycles. The number of ether oxygens (including phenoxy) is 3. The third-order valence-corrected chi connectivity index (χ3v) is 11.5. The van der Waals surface area contributed by atoms with E-state index in [-0.39, 0.29) is 31.1 Å². The summed E-state index contributed by atoms with van der Waals surface area (Å²) in [6.45, 7) is 9.01. The van der Waals surface area contributed by atoms with Crippen molar-refractivity contribution in [2.75, 3.05) is 13.2 Å². The minimum absolute atomic E-state index is 0.0629. The van der Waals surface area contributed by atoms with Crippen LogP contribution in [-0.4, -0.2) is 37.2 Å². The maximum atomic E-state index is 12.7. The summed E-state index contributed by atoms with van der Waals surface area (Å²) in [5.41, 5.74) is 0. The first kappa shape index (κ1) is 55.4. The van der Waals surface area contributed by atoms with E-state index < -0.39 is 6.10 Å². The predicted molar refractivity (Wildman–Crippen MR) is 243 cm³/mol. The summed E-state index contributed by atoms with van der Waals surface area (Å²) in [7, 11) is 0. The van der Waals surface area contributed by atoms with Gasteiger partial charge >= 0.3 is 17.9 Å². The zero-order valence-electron chi connectivity index (χ0n) is 38.8. The highest BCUT2D eigenvalue weighted by Gasteiger charge is 2.19. The van der Waals surface area contributed by atoms with Gasteiger partial charge in [-0.1, -0.05) is 246 Å². The standard InChI is InChI=1S/C51H98O6/c1-5-7-9-11-13-15-22-28-32-36-40-44-51(54)57-48(45-55-49(52)42-38-34-30-25-14-12-10-8-6-2)46-56-50(53)43-39-35-31-27-24-21-19-17-16-18-20-23-26-29-33-37-41-47(3)4/h47-48H,5-46H2,1-4H3/t48-/m1/s1. The summed E-state index contributed by atoms with van der Waals surface area (Å²) in [6.07, 6.45) is 46.6. The molecule has 0 N–H and O–H groups in total. The summed E-state index contributed by atoms with van der Waals surface area (Å²) in [5, 5.41) is 0. The zero-order valence-corrected chi connectivity index (χ0v) is 38.8. The SMILES string of the molecule is CCCCCCCCCCCCCC(=O)O[C@H](COC(=O)CCCCCCCCCCC)COC(=O)CCCCCCCCCCCCCCCCCCC(C)C. The molecule has 0 bridgehead atoms. The van der Waals surface area contributed by atoms with E-state index in [4.69, 9.17) is 14.2 Å². The van der Waals surface area contributed by atoms with E-state index in [1.54, 1.807) is 0 Å². The minimum Gasteiger partial charge on any atom is -0.462 e. The number of hydrogen-bond acceptors (Lipinski definition) is 6. The van der Waals surface area contributed by atoms with Gasteiger partial charge in [-0.15, -0.1) is 0 Å². The topological polar surface area (TPSA) is 78.9 Å². The van der Waals surface area contributed by atoms with Crippen molar-refractivity contribution in [1.29, 1.82) is 0 Å². The van der Waals surface area contributed by atoms with Crippen LogP contribution < -0.4 is 0 Å². The van der Waals surface area contributed by atoms with Crippen molar-refractivity contribution in [3.05, 3.63) is 0 Å². The molecular formula is C51H98O6. The van der Waals surface area contributed by atoms with Crippen LogP contribution in [0.15, 0.2) is 0 Å². The summed E-state index contributed by atoms with van der Waals surface area (Å²) in [4.78, 5) is 37.8. The summed E-state index contributed by atoms with van der Waals surface area (Å²) in [6, 6.07) is 0. The monoisotopic (exact) mass is 807 g/mol. The Morgan fingerprint density at radius 2 is 0.579 bits per heavy atom. The number of esters is 3. The lowest BCUT2D eigenvalue weighted by atomic mass is 10.0. The van der Waals surface area contributed by atoms with Gasteiger partial charge in [-0.05, 0) is 25.2 Å². The Morgan fingerprint density at radius 1 is 0.333 bits per heavy atom. The lowest BCUT2D eigenvalue weighted by Crippen LogP contribution is -2.30. The fourth-order valence-electron chi connectivity index (χ4n) is 7.69. The number of unbranched alkanes of at least 4 members (excludes halogenated alkanes) is 33. The Hall–Kier alpha value is -1.59. The second-order valence-corrected chi connectivity index (χ2v) is 17.9. The maximum absolute atomic E-state index is 12.7. The van der Waals surface area contributed by atoms with E-state index in [9.17, 15) is 14.4 Å². The lowest BCUT2D eigenvalue weighted by Gasteiger charge is -2.18. The highest BCUT2D eigenvalue weighted by atomic mass is 16.6. The van der Waals surface area contributed by atoms with Gasteiger partial charge in [0.1, 0.15) is 13.2 Å². The van der Waals surface area contributed by atoms with Crippen LogP contribution >= 0.6 is 0 Å². The molecule has 0 aliphatic heterocycles. The first-order valence-corrected chi connectivity index (χ1v) is 25.4. The van der Waals surface area contributed by atoms with Gasteiger partial charge in [0, 0.05) is 19.3 Å². The third-order valence-electron chi connectivity index (χ3n) is 11.5. The van der Waals surface area contributed by atoms with Gasteiger partial charge in [0.15, 0.2) is 6.10 Å². The normalized spacial score (nSPS) is 11.9. The molecule has 0 amide bonds. The molecule has 338 valence electrons. The highest BCUT2D eigenvalue weighted by molar-refractivity contribution is 5.71. The molecule has 6 heteroatoms. The van der Waals surface area contributed by atoms with Crippen molar-refractivity contribution < 1.29 is 28.6 Å². The molecule has 0 saturated heterocycles. The Morgan fingerprint density at radius 3 is 0.860 bits per heavy atom. The molecule has 0 unspecified atom stereocenters. The Balaban J connectivity index is 4.20. The van der Waals surface area contributed by atoms with Gasteiger partial charge < -0.3 is 14.2 Å². The third kappa shape index (κ3) is 45.3. The Labute approximate surface area is 355 Å². The fraction of sp³-hybridized carbons (Fsp3) is 0.941. The van der Waals surface area contributed by atoms with Gasteiger partial charge in [-0.25, -0.2) is 0 Å². The van der Waals surface area contributed by atoms with Crippen LogP contribution in [0.2, 0.25) is 0 Å². The first-order chi connectivity index (χ1) is 27.9. The molecule has 0 radical (unpaired) electrons. The van der Waals surface area contributed by atoms with E-state index in [0.29, 0.717) is 19.3 Å². The van der Waals surface area contributed by atoms with Crippen molar-refractivity contribution in [3.8, 4) is 0 Å². The first-order valence-electron chi connectivity index (χ1n) is 25.4. The van der Waals surface area contributed by atoms with Crippen LogP contribution in [0.3, 0.4) is 0 Å². The molecule has 57 heavy (non-hydrogen) atoms. The average molecular weight is 807 g/mol. The second kappa shape index (κ2) is 45.5. The van der Waals surface area contributed by atoms with Crippen LogP contribution in [0.4, 0.5) is 0 Å². The molecule has 0 heterocycles. The molecule has 0 saturated carbocycles. The van der Waals surface area contributed by atoms with Crippen molar-refractivity contribution >= 4 is 17.9 Å². The highest BCUT2D eigenvalue weighted by Crippen LogP contribution is 2.17. The summed E-state index contributed by atoms with van der Waals surface area (Å²) >= 11 is 0. The van der Waals surface area contributed by atoms with Crippen molar-refractivity contribution in [2.45, 2.75) is 291 Å². The van der Waals surface area contributed by atoms with Gasteiger partial charge in [0.2, 0.25) is 0 Å². The second-order valence-electron chi connectivity index (χ2n) is 17.9. The molecule has 0 spiro atoms. The average Bonchev–Trinajstić information content (AvgIpc) is 3.19. The molecule has 0 aromatic heterocycles. The Bertz CT molecular complexity index is 857. The number of carbonyl (C=O) groups is 3. The van der Waals surface area contributed by atoms with E-state index >= 15 is 0 Å². The number of rotatable bonds is 46. The van der Waals surface area contributed by atoms with Crippen molar-refractivity contribution in [2.24, 2.45) is 5.92 Å². The summed E-state index contributed by atoms with van der Waals surface area (Å²) in [5.74, 6) is 0.00361. The van der Waals surface area contributed by atoms with Gasteiger partial charge in [0.05, 0.1) is 0 Å². The maximum Gasteiger partial charge on any atom is 0.306 e. The predicted octanol–water partition coefficient (Wildman–Crippen LogP) is 16.3. The fourth-order valence-corrected chi connectivity index (χ4v) is 7.69. The van der Waals surface area contributed by atoms with Crippen LogP contribution in [0.1, 0.15) is 285 Å². The number of carbonyl (C=O) groups excluding carboxylic acids is 3. The molecule has 6 nitrogen and oxygen atoms in total. The van der Waals surface area contributed by atoms with E-state index in [0.717, 1.165) is 63.7 Å². The molecular weight excluding hydrogens is 709 g/mol. The summed E-state index contributed by atoms with van der Waals surface area (Å²) < 4.78 is 16.7. The molecule has 0 aromatic rings. The largest absolute Gasteiger partial charge is 0.462 e. The quantitative estimate of drug-likeness (QED) is 0.0346. The van der Waals surface area contributed by atoms with E-state index in [2.05, 4.69) is 27.7 Å². The van der Waals surface area contributed by atoms with Gasteiger partial charge in [-0.3, -0.25) is 14.4 Å². The smallest absolute Gasteiger partial charge is 0.306 e. The molecule has 0 fully saturated rings. The minimum atomic E-state index is -0.759. The number of hydrogen-bond donors (Lipinski definition) is 0. The van der Waals surface area contributed by atoms with Crippen LogP contribution in [0, 0.1) is 5.92 Å². The molecule has 1 atom stereocenters. The van der Waals surface area contributed by atoms with E-state index in [1.165, 1.54) is 180 Å². The van der Waals surface area contributed by atoms with Crippen molar-refractivity contribution in [3.63, 3.8) is 0 Å². The lowest BCUT2D eigenvalue weighted by molar-refractivity contribution is -0.167.